The average Bonchev–Trinajstić information content (AvgIpc) is 2.60. The molecule has 9 heteroatoms. The van der Waals surface area contributed by atoms with Gasteiger partial charge in [-0.05, 0) is 42.5 Å². The molecular weight excluding hydrogens is 387 g/mol. The minimum Gasteiger partial charge on any atom is -0.497 e. The molecule has 0 aliphatic rings. The molecule has 2 aromatic rings. The van der Waals surface area contributed by atoms with Crippen LogP contribution in [0.25, 0.3) is 0 Å². The zero-order valence-electron chi connectivity index (χ0n) is 13.3. The molecule has 0 aliphatic heterocycles. The van der Waals surface area contributed by atoms with E-state index in [2.05, 4.69) is 10.0 Å². The van der Waals surface area contributed by atoms with Gasteiger partial charge in [-0.1, -0.05) is 23.2 Å². The number of hydrogen-bond donors (Lipinski definition) is 2. The fraction of sp³-hybridized carbons (Fsp3) is 0.188. The lowest BCUT2D eigenvalue weighted by molar-refractivity contribution is 0.0954. The SMILES string of the molecule is COc1ccc(S(=O)(=O)NCCNC(=O)c2cc(Cl)ccc2Cl)cc1. The highest BCUT2D eigenvalue weighted by Crippen LogP contribution is 2.20. The maximum absolute atomic E-state index is 12.1. The van der Waals surface area contributed by atoms with Gasteiger partial charge in [0.1, 0.15) is 5.75 Å². The largest absolute Gasteiger partial charge is 0.497 e. The summed E-state index contributed by atoms with van der Waals surface area (Å²) < 4.78 is 31.7. The number of nitrogens with one attached hydrogen (secondary N) is 2. The number of carbonyl (C=O) groups excluding carboxylic acids is 1. The molecule has 25 heavy (non-hydrogen) atoms. The van der Waals surface area contributed by atoms with Crippen molar-refractivity contribution < 1.29 is 17.9 Å². The average molecular weight is 403 g/mol. The number of hydrogen-bond acceptors (Lipinski definition) is 4. The molecule has 2 rings (SSSR count). The molecule has 0 spiro atoms. The van der Waals surface area contributed by atoms with Gasteiger partial charge >= 0.3 is 0 Å². The molecular formula is C16H16Cl2N2O4S. The van der Waals surface area contributed by atoms with Gasteiger partial charge in [0.2, 0.25) is 10.0 Å². The van der Waals surface area contributed by atoms with Gasteiger partial charge in [0.25, 0.3) is 5.91 Å². The van der Waals surface area contributed by atoms with Crippen molar-refractivity contribution in [3.63, 3.8) is 0 Å². The molecule has 0 atom stereocenters. The van der Waals surface area contributed by atoms with E-state index >= 15 is 0 Å². The summed E-state index contributed by atoms with van der Waals surface area (Å²) in [4.78, 5) is 12.1. The lowest BCUT2D eigenvalue weighted by atomic mass is 10.2. The van der Waals surface area contributed by atoms with Crippen molar-refractivity contribution >= 4 is 39.1 Å². The third-order valence-electron chi connectivity index (χ3n) is 3.25. The molecule has 0 unspecified atom stereocenters. The van der Waals surface area contributed by atoms with E-state index in [0.29, 0.717) is 10.8 Å². The molecule has 6 nitrogen and oxygen atoms in total. The predicted molar refractivity (Wildman–Crippen MR) is 97.0 cm³/mol. The fourth-order valence-electron chi connectivity index (χ4n) is 1.97. The molecule has 0 bridgehead atoms. The quantitative estimate of drug-likeness (QED) is 0.697. The van der Waals surface area contributed by atoms with Crippen molar-refractivity contribution in [1.29, 1.82) is 0 Å². The second-order valence-corrected chi connectivity index (χ2v) is 7.56. The standard InChI is InChI=1S/C16H16Cl2N2O4S/c1-24-12-3-5-13(6-4-12)25(22,23)20-9-8-19-16(21)14-10-11(17)2-7-15(14)18/h2-7,10,20H,8-9H2,1H3,(H,19,21). The van der Waals surface area contributed by atoms with Crippen molar-refractivity contribution in [1.82, 2.24) is 10.0 Å². The first-order valence-electron chi connectivity index (χ1n) is 7.20. The highest BCUT2D eigenvalue weighted by atomic mass is 35.5. The number of rotatable bonds is 7. The number of sulfonamides is 1. The lowest BCUT2D eigenvalue weighted by Gasteiger charge is -2.09. The van der Waals surface area contributed by atoms with Gasteiger partial charge in [-0.25, -0.2) is 13.1 Å². The summed E-state index contributed by atoms with van der Waals surface area (Å²) in [6.07, 6.45) is 0. The molecule has 1 amide bonds. The minimum atomic E-state index is -3.67. The van der Waals surface area contributed by atoms with Crippen molar-refractivity contribution in [2.75, 3.05) is 20.2 Å². The van der Waals surface area contributed by atoms with E-state index in [0.717, 1.165) is 0 Å². The van der Waals surface area contributed by atoms with Gasteiger partial charge in [-0.3, -0.25) is 4.79 Å². The molecule has 0 saturated carbocycles. The lowest BCUT2D eigenvalue weighted by Crippen LogP contribution is -2.34. The van der Waals surface area contributed by atoms with Crippen LogP contribution in [0.3, 0.4) is 0 Å². The number of amides is 1. The molecule has 0 saturated heterocycles. The van der Waals surface area contributed by atoms with E-state index in [1.807, 2.05) is 0 Å². The van der Waals surface area contributed by atoms with Gasteiger partial charge in [0.15, 0.2) is 0 Å². The fourth-order valence-corrected chi connectivity index (χ4v) is 3.37. The Labute approximate surface area is 156 Å². The molecule has 0 radical (unpaired) electrons. The van der Waals surface area contributed by atoms with Crippen molar-refractivity contribution in [2.24, 2.45) is 0 Å². The van der Waals surface area contributed by atoms with E-state index in [4.69, 9.17) is 27.9 Å². The second kappa shape index (κ2) is 8.53. The van der Waals surface area contributed by atoms with Crippen LogP contribution in [0.1, 0.15) is 10.4 Å². The number of carbonyl (C=O) groups is 1. The van der Waals surface area contributed by atoms with E-state index in [9.17, 15) is 13.2 Å². The molecule has 2 aromatic carbocycles. The van der Waals surface area contributed by atoms with Crippen LogP contribution in [0, 0.1) is 0 Å². The smallest absolute Gasteiger partial charge is 0.252 e. The van der Waals surface area contributed by atoms with Crippen LogP contribution >= 0.6 is 23.2 Å². The van der Waals surface area contributed by atoms with E-state index < -0.39 is 15.9 Å². The van der Waals surface area contributed by atoms with Crippen LogP contribution in [-0.2, 0) is 10.0 Å². The number of methoxy groups -OCH3 is 1. The van der Waals surface area contributed by atoms with E-state index in [1.165, 1.54) is 31.4 Å². The third-order valence-corrected chi connectivity index (χ3v) is 5.29. The summed E-state index contributed by atoms with van der Waals surface area (Å²) in [6.45, 7) is 0.120. The predicted octanol–water partition coefficient (Wildman–Crippen LogP) is 2.71. The number of benzene rings is 2. The summed E-state index contributed by atoms with van der Waals surface area (Å²) in [5.41, 5.74) is 0.229. The Morgan fingerprint density at radius 2 is 1.76 bits per heavy atom. The van der Waals surface area contributed by atoms with Crippen LogP contribution in [0.4, 0.5) is 0 Å². The topological polar surface area (TPSA) is 84.5 Å². The van der Waals surface area contributed by atoms with Gasteiger partial charge in [0.05, 0.1) is 22.6 Å². The zero-order chi connectivity index (χ0) is 18.4. The molecule has 0 aliphatic carbocycles. The van der Waals surface area contributed by atoms with Gasteiger partial charge in [0, 0.05) is 18.1 Å². The maximum Gasteiger partial charge on any atom is 0.252 e. The first kappa shape index (κ1) is 19.5. The van der Waals surface area contributed by atoms with Gasteiger partial charge in [-0.15, -0.1) is 0 Å². The Kier molecular flexibility index (Phi) is 6.66. The van der Waals surface area contributed by atoms with E-state index in [-0.39, 0.29) is 28.6 Å². The van der Waals surface area contributed by atoms with Crippen LogP contribution in [-0.4, -0.2) is 34.5 Å². The van der Waals surface area contributed by atoms with Crippen LogP contribution in [0.5, 0.6) is 5.75 Å². The van der Waals surface area contributed by atoms with E-state index in [1.54, 1.807) is 18.2 Å². The highest BCUT2D eigenvalue weighted by molar-refractivity contribution is 7.89. The first-order valence-corrected chi connectivity index (χ1v) is 9.44. The first-order chi connectivity index (χ1) is 11.8. The molecule has 0 heterocycles. The van der Waals surface area contributed by atoms with Crippen molar-refractivity contribution in [3.8, 4) is 5.75 Å². The normalized spacial score (nSPS) is 11.2. The number of ether oxygens (including phenoxy) is 1. The third kappa shape index (κ3) is 5.34. The molecule has 2 N–H and O–H groups in total. The van der Waals surface area contributed by atoms with Gasteiger partial charge < -0.3 is 10.1 Å². The Morgan fingerprint density at radius 3 is 2.40 bits per heavy atom. The van der Waals surface area contributed by atoms with Crippen molar-refractivity contribution in [2.45, 2.75) is 4.90 Å². The van der Waals surface area contributed by atoms with Crippen molar-refractivity contribution in [3.05, 3.63) is 58.1 Å². The summed E-state index contributed by atoms with van der Waals surface area (Å²) in [5, 5.41) is 3.23. The Morgan fingerprint density at radius 1 is 1.08 bits per heavy atom. The summed E-state index contributed by atoms with van der Waals surface area (Å²) in [7, 11) is -2.17. The summed E-state index contributed by atoms with van der Waals surface area (Å²) in [6, 6.07) is 10.5. The summed E-state index contributed by atoms with van der Waals surface area (Å²) >= 11 is 11.8. The molecule has 134 valence electrons. The van der Waals surface area contributed by atoms with Gasteiger partial charge in [-0.2, -0.15) is 0 Å². The monoisotopic (exact) mass is 402 g/mol. The Bertz CT molecular complexity index is 855. The highest BCUT2D eigenvalue weighted by Gasteiger charge is 2.14. The van der Waals surface area contributed by atoms with Crippen LogP contribution in [0.15, 0.2) is 47.4 Å². The Balaban J connectivity index is 1.89. The van der Waals surface area contributed by atoms with Crippen LogP contribution < -0.4 is 14.8 Å². The zero-order valence-corrected chi connectivity index (χ0v) is 15.6. The Hall–Kier alpha value is -1.80. The minimum absolute atomic E-state index is 0.0261. The number of halogens is 2. The summed E-state index contributed by atoms with van der Waals surface area (Å²) in [5.74, 6) is 0.126. The van der Waals surface area contributed by atoms with Crippen LogP contribution in [0.2, 0.25) is 10.0 Å². The molecule has 0 fully saturated rings. The maximum atomic E-state index is 12.1. The molecule has 0 aromatic heterocycles. The second-order valence-electron chi connectivity index (χ2n) is 4.95.